The molecule has 0 saturated heterocycles. The van der Waals surface area contributed by atoms with E-state index in [0.29, 0.717) is 20.8 Å². The van der Waals surface area contributed by atoms with Crippen LogP contribution in [-0.4, -0.2) is 22.2 Å². The minimum atomic E-state index is -0.530. The molecule has 1 aromatic carbocycles. The number of fused-ring (bicyclic) bond motifs is 3. The second-order valence-corrected chi connectivity index (χ2v) is 8.31. The average Bonchev–Trinajstić information content (AvgIpc) is 3.09. The molecule has 0 atom stereocenters. The number of aromatic nitrogens is 2. The smallest absolute Gasteiger partial charge is 0.332 e. The number of carbonyl (C=O) groups is 1. The van der Waals surface area contributed by atoms with Crippen molar-refractivity contribution in [1.29, 1.82) is 0 Å². The quantitative estimate of drug-likeness (QED) is 0.611. The van der Waals surface area contributed by atoms with Crippen molar-refractivity contribution in [2.24, 2.45) is 0 Å². The SMILES string of the molecule is COC(=O)Cn1c(=O)n(Cc2ccccc2Cl)c(=O)c2c3c(sc21)CCCC3. The summed E-state index contributed by atoms with van der Waals surface area (Å²) in [5.41, 5.74) is 0.848. The van der Waals surface area contributed by atoms with Gasteiger partial charge in [0.1, 0.15) is 11.4 Å². The first-order chi connectivity index (χ1) is 13.5. The van der Waals surface area contributed by atoms with Gasteiger partial charge in [0, 0.05) is 9.90 Å². The molecule has 2 aromatic heterocycles. The van der Waals surface area contributed by atoms with Gasteiger partial charge in [0.15, 0.2) is 0 Å². The van der Waals surface area contributed by atoms with Crippen molar-refractivity contribution in [2.75, 3.05) is 7.11 Å². The van der Waals surface area contributed by atoms with Gasteiger partial charge in [0.2, 0.25) is 0 Å². The zero-order valence-corrected chi connectivity index (χ0v) is 16.9. The van der Waals surface area contributed by atoms with Gasteiger partial charge < -0.3 is 4.74 Å². The van der Waals surface area contributed by atoms with E-state index in [0.717, 1.165) is 36.1 Å². The second kappa shape index (κ2) is 7.56. The van der Waals surface area contributed by atoms with Gasteiger partial charge in [-0.15, -0.1) is 11.3 Å². The highest BCUT2D eigenvalue weighted by atomic mass is 35.5. The van der Waals surface area contributed by atoms with Crippen LogP contribution in [0.25, 0.3) is 10.2 Å². The highest BCUT2D eigenvalue weighted by Gasteiger charge is 2.24. The minimum absolute atomic E-state index is 0.0546. The van der Waals surface area contributed by atoms with Gasteiger partial charge in [0.25, 0.3) is 5.56 Å². The fraction of sp³-hybridized carbons (Fsp3) is 0.350. The molecule has 8 heteroatoms. The molecule has 0 saturated carbocycles. The third-order valence-electron chi connectivity index (χ3n) is 5.12. The van der Waals surface area contributed by atoms with E-state index in [2.05, 4.69) is 0 Å². The normalized spacial score (nSPS) is 13.5. The van der Waals surface area contributed by atoms with Gasteiger partial charge in [-0.3, -0.25) is 18.7 Å². The summed E-state index contributed by atoms with van der Waals surface area (Å²) < 4.78 is 7.30. The summed E-state index contributed by atoms with van der Waals surface area (Å²) >= 11 is 7.68. The van der Waals surface area contributed by atoms with Crippen LogP contribution < -0.4 is 11.2 Å². The van der Waals surface area contributed by atoms with E-state index in [1.165, 1.54) is 27.6 Å². The Balaban J connectivity index is 1.99. The summed E-state index contributed by atoms with van der Waals surface area (Å²) in [5, 5.41) is 1.04. The van der Waals surface area contributed by atoms with Crippen LogP contribution in [0.5, 0.6) is 0 Å². The molecule has 1 aliphatic rings. The standard InChI is InChI=1S/C20H19ClN2O4S/c1-27-16(24)11-23-19-17(13-7-3-5-9-15(13)28-19)18(25)22(20(23)26)10-12-6-2-4-8-14(12)21/h2,4,6,8H,3,5,7,9-11H2,1H3. The molecule has 0 aliphatic heterocycles. The fourth-order valence-electron chi connectivity index (χ4n) is 3.69. The van der Waals surface area contributed by atoms with Crippen LogP contribution in [0.2, 0.25) is 5.02 Å². The van der Waals surface area contributed by atoms with Crippen LogP contribution in [0, 0.1) is 0 Å². The molecule has 0 fully saturated rings. The summed E-state index contributed by atoms with van der Waals surface area (Å²) in [6, 6.07) is 7.11. The lowest BCUT2D eigenvalue weighted by molar-refractivity contribution is -0.141. The molecule has 6 nitrogen and oxygen atoms in total. The van der Waals surface area contributed by atoms with Crippen molar-refractivity contribution in [3.63, 3.8) is 0 Å². The van der Waals surface area contributed by atoms with Crippen LogP contribution in [0.4, 0.5) is 0 Å². The molecular formula is C20H19ClN2O4S. The Morgan fingerprint density at radius 1 is 1.18 bits per heavy atom. The maximum absolute atomic E-state index is 13.3. The first kappa shape index (κ1) is 19.0. The molecule has 1 aliphatic carbocycles. The predicted octanol–water partition coefficient (Wildman–Crippen LogP) is 2.98. The largest absolute Gasteiger partial charge is 0.468 e. The number of benzene rings is 1. The lowest BCUT2D eigenvalue weighted by atomic mass is 9.97. The molecule has 3 aromatic rings. The third-order valence-corrected chi connectivity index (χ3v) is 6.80. The monoisotopic (exact) mass is 418 g/mol. The Morgan fingerprint density at radius 2 is 1.93 bits per heavy atom. The van der Waals surface area contributed by atoms with Crippen molar-refractivity contribution in [2.45, 2.75) is 38.8 Å². The van der Waals surface area contributed by atoms with E-state index in [9.17, 15) is 14.4 Å². The maximum Gasteiger partial charge on any atom is 0.332 e. The topological polar surface area (TPSA) is 70.3 Å². The van der Waals surface area contributed by atoms with Gasteiger partial charge in [-0.25, -0.2) is 4.79 Å². The number of carbonyl (C=O) groups excluding carboxylic acids is 1. The molecule has 0 amide bonds. The number of esters is 1. The third kappa shape index (κ3) is 3.18. The Morgan fingerprint density at radius 3 is 2.68 bits per heavy atom. The Labute approximate surface area is 169 Å². The molecule has 28 heavy (non-hydrogen) atoms. The Hall–Kier alpha value is -2.38. The van der Waals surface area contributed by atoms with Crippen molar-refractivity contribution in [3.05, 3.63) is 66.1 Å². The maximum atomic E-state index is 13.3. The average molecular weight is 419 g/mol. The first-order valence-corrected chi connectivity index (χ1v) is 10.3. The van der Waals surface area contributed by atoms with E-state index in [1.54, 1.807) is 18.2 Å². The lowest BCUT2D eigenvalue weighted by Crippen LogP contribution is -2.41. The minimum Gasteiger partial charge on any atom is -0.468 e. The highest BCUT2D eigenvalue weighted by Crippen LogP contribution is 2.34. The molecular weight excluding hydrogens is 400 g/mol. The zero-order valence-electron chi connectivity index (χ0n) is 15.4. The van der Waals surface area contributed by atoms with E-state index in [-0.39, 0.29) is 18.6 Å². The van der Waals surface area contributed by atoms with Crippen molar-refractivity contribution < 1.29 is 9.53 Å². The zero-order chi connectivity index (χ0) is 19.8. The van der Waals surface area contributed by atoms with Gasteiger partial charge >= 0.3 is 11.7 Å². The van der Waals surface area contributed by atoms with Gasteiger partial charge in [-0.05, 0) is 42.9 Å². The Bertz CT molecular complexity index is 1190. The van der Waals surface area contributed by atoms with Crippen LogP contribution in [0.1, 0.15) is 28.8 Å². The molecule has 2 heterocycles. The van der Waals surface area contributed by atoms with E-state index in [1.807, 2.05) is 6.07 Å². The summed E-state index contributed by atoms with van der Waals surface area (Å²) in [6.45, 7) is -0.174. The number of hydrogen-bond acceptors (Lipinski definition) is 5. The molecule has 0 spiro atoms. The van der Waals surface area contributed by atoms with Crippen LogP contribution >= 0.6 is 22.9 Å². The number of halogens is 1. The van der Waals surface area contributed by atoms with Gasteiger partial charge in [0.05, 0.1) is 19.0 Å². The molecule has 0 unspecified atom stereocenters. The van der Waals surface area contributed by atoms with E-state index >= 15 is 0 Å². The molecule has 146 valence electrons. The van der Waals surface area contributed by atoms with Crippen molar-refractivity contribution in [1.82, 2.24) is 9.13 Å². The lowest BCUT2D eigenvalue weighted by Gasteiger charge is -2.13. The number of aryl methyl sites for hydroxylation is 2. The molecule has 0 N–H and O–H groups in total. The number of hydrogen-bond donors (Lipinski definition) is 0. The van der Waals surface area contributed by atoms with Crippen LogP contribution in [0.15, 0.2) is 33.9 Å². The van der Waals surface area contributed by atoms with Crippen molar-refractivity contribution in [3.8, 4) is 0 Å². The van der Waals surface area contributed by atoms with Gasteiger partial charge in [-0.2, -0.15) is 0 Å². The van der Waals surface area contributed by atoms with Crippen LogP contribution in [0.3, 0.4) is 0 Å². The summed E-state index contributed by atoms with van der Waals surface area (Å²) in [5.74, 6) is -0.530. The van der Waals surface area contributed by atoms with E-state index in [4.69, 9.17) is 16.3 Å². The van der Waals surface area contributed by atoms with Gasteiger partial charge in [-0.1, -0.05) is 29.8 Å². The molecule has 0 bridgehead atoms. The highest BCUT2D eigenvalue weighted by molar-refractivity contribution is 7.18. The number of rotatable bonds is 4. The summed E-state index contributed by atoms with van der Waals surface area (Å²) in [4.78, 5) is 40.1. The summed E-state index contributed by atoms with van der Waals surface area (Å²) in [6.07, 6.45) is 3.78. The van der Waals surface area contributed by atoms with E-state index < -0.39 is 11.7 Å². The number of nitrogens with zero attached hydrogens (tertiary/aromatic N) is 2. The fourth-order valence-corrected chi connectivity index (χ4v) is 5.25. The van der Waals surface area contributed by atoms with Crippen molar-refractivity contribution >= 4 is 39.1 Å². The first-order valence-electron chi connectivity index (χ1n) is 9.09. The number of thiophene rings is 1. The Kier molecular flexibility index (Phi) is 5.12. The summed E-state index contributed by atoms with van der Waals surface area (Å²) in [7, 11) is 1.28. The number of ether oxygens (including phenoxy) is 1. The van der Waals surface area contributed by atoms with Crippen LogP contribution in [-0.2, 0) is 35.5 Å². The molecule has 4 rings (SSSR count). The predicted molar refractivity (Wildman–Crippen MR) is 110 cm³/mol. The number of methoxy groups -OCH3 is 1. The second-order valence-electron chi connectivity index (χ2n) is 6.82. The molecule has 0 radical (unpaired) electrons.